The number of aryl methyl sites for hydroxylation is 1. The fourth-order valence-electron chi connectivity index (χ4n) is 1.51. The van der Waals surface area contributed by atoms with Crippen LogP contribution in [0.3, 0.4) is 0 Å². The predicted octanol–water partition coefficient (Wildman–Crippen LogP) is 0.338. The molecule has 2 N–H and O–H groups in total. The fourth-order valence-corrected chi connectivity index (χ4v) is 1.51. The van der Waals surface area contributed by atoms with Crippen LogP contribution in [0.4, 0.5) is 5.69 Å². The van der Waals surface area contributed by atoms with Crippen LogP contribution < -0.4 is 5.73 Å². The molecule has 0 unspecified atom stereocenters. The topological polar surface area (TPSA) is 113 Å². The predicted molar refractivity (Wildman–Crippen MR) is 58.4 cm³/mol. The van der Waals surface area contributed by atoms with E-state index in [0.717, 1.165) is 0 Å². The quantitative estimate of drug-likeness (QED) is 0.605. The van der Waals surface area contributed by atoms with Gasteiger partial charge in [-0.05, 0) is 29.5 Å². The number of hydrogen-bond donors (Lipinski definition) is 1. The Balaban J connectivity index is 2.48. The summed E-state index contributed by atoms with van der Waals surface area (Å²) in [6, 6.07) is 4.65. The lowest BCUT2D eigenvalue weighted by Crippen LogP contribution is -2.08. The molecule has 0 spiro atoms. The van der Waals surface area contributed by atoms with Crippen LogP contribution in [-0.4, -0.2) is 25.1 Å². The highest BCUT2D eigenvalue weighted by Gasteiger charge is 2.13. The van der Waals surface area contributed by atoms with Crippen LogP contribution in [0.1, 0.15) is 11.4 Å². The lowest BCUT2D eigenvalue weighted by atomic mass is 10.2. The van der Waals surface area contributed by atoms with E-state index >= 15 is 0 Å². The number of nitro benzene ring substituents is 1. The summed E-state index contributed by atoms with van der Waals surface area (Å²) in [5.41, 5.74) is 6.74. The standard InChI is InChI=1S/C9H10N6O2/c1-6-4-7(2-3-8(6)15(16)17)14-9(5-10)11-12-13-14/h2-4H,5,10H2,1H3. The van der Waals surface area contributed by atoms with Gasteiger partial charge in [-0.25, -0.2) is 0 Å². The minimum atomic E-state index is -0.428. The fraction of sp³-hybridized carbons (Fsp3) is 0.222. The molecule has 8 nitrogen and oxygen atoms in total. The monoisotopic (exact) mass is 234 g/mol. The van der Waals surface area contributed by atoms with Crippen LogP contribution in [0.2, 0.25) is 0 Å². The van der Waals surface area contributed by atoms with Crippen molar-refractivity contribution in [2.75, 3.05) is 0 Å². The molecule has 1 aromatic carbocycles. The van der Waals surface area contributed by atoms with Crippen LogP contribution in [-0.2, 0) is 6.54 Å². The normalized spacial score (nSPS) is 10.5. The molecule has 0 aliphatic heterocycles. The first-order valence-electron chi connectivity index (χ1n) is 4.86. The molecule has 0 aliphatic rings. The molecule has 2 rings (SSSR count). The molecule has 0 saturated carbocycles. The number of nitrogens with zero attached hydrogens (tertiary/aromatic N) is 5. The van der Waals surface area contributed by atoms with Gasteiger partial charge in [0.2, 0.25) is 0 Å². The van der Waals surface area contributed by atoms with E-state index in [2.05, 4.69) is 15.5 Å². The number of nitrogens with two attached hydrogens (primary N) is 1. The Hall–Kier alpha value is -2.35. The first kappa shape index (κ1) is 11.1. The Morgan fingerprint density at radius 3 is 2.88 bits per heavy atom. The number of rotatable bonds is 3. The van der Waals surface area contributed by atoms with Gasteiger partial charge in [-0.15, -0.1) is 5.10 Å². The maximum Gasteiger partial charge on any atom is 0.272 e. The molecule has 0 fully saturated rings. The van der Waals surface area contributed by atoms with Crippen molar-refractivity contribution in [2.45, 2.75) is 13.5 Å². The molecule has 2 aromatic rings. The molecule has 0 radical (unpaired) electrons. The van der Waals surface area contributed by atoms with Crippen molar-refractivity contribution >= 4 is 5.69 Å². The second-order valence-electron chi connectivity index (χ2n) is 3.44. The van der Waals surface area contributed by atoms with Crippen molar-refractivity contribution in [1.29, 1.82) is 0 Å². The summed E-state index contributed by atoms with van der Waals surface area (Å²) < 4.78 is 1.46. The molecule has 0 bridgehead atoms. The van der Waals surface area contributed by atoms with Crippen molar-refractivity contribution in [3.63, 3.8) is 0 Å². The van der Waals surface area contributed by atoms with Gasteiger partial charge in [-0.1, -0.05) is 0 Å². The smallest absolute Gasteiger partial charge is 0.272 e. The maximum atomic E-state index is 10.7. The Morgan fingerprint density at radius 2 is 2.29 bits per heavy atom. The number of benzene rings is 1. The lowest BCUT2D eigenvalue weighted by molar-refractivity contribution is -0.385. The molecule has 1 heterocycles. The average molecular weight is 234 g/mol. The van der Waals surface area contributed by atoms with Gasteiger partial charge in [0, 0.05) is 11.6 Å². The first-order chi connectivity index (χ1) is 8.13. The Bertz CT molecular complexity index is 564. The van der Waals surface area contributed by atoms with Crippen LogP contribution in [0.15, 0.2) is 18.2 Å². The molecule has 1 aromatic heterocycles. The average Bonchev–Trinajstić information content (AvgIpc) is 2.76. The SMILES string of the molecule is Cc1cc(-n2nnnc2CN)ccc1[N+](=O)[O-]. The zero-order chi connectivity index (χ0) is 12.4. The van der Waals surface area contributed by atoms with Gasteiger partial charge in [-0.3, -0.25) is 10.1 Å². The molecule has 0 aliphatic carbocycles. The summed E-state index contributed by atoms with van der Waals surface area (Å²) in [6.45, 7) is 1.86. The number of nitro groups is 1. The van der Waals surface area contributed by atoms with E-state index in [9.17, 15) is 10.1 Å². The minimum absolute atomic E-state index is 0.0659. The summed E-state index contributed by atoms with van der Waals surface area (Å²) in [5.74, 6) is 0.498. The molecule has 17 heavy (non-hydrogen) atoms. The van der Waals surface area contributed by atoms with Gasteiger partial charge in [0.05, 0.1) is 17.2 Å². The summed E-state index contributed by atoms with van der Waals surface area (Å²) in [5, 5.41) is 21.7. The highest BCUT2D eigenvalue weighted by molar-refractivity contribution is 5.47. The van der Waals surface area contributed by atoms with E-state index in [1.807, 2.05) is 0 Å². The number of aromatic nitrogens is 4. The molecule has 0 atom stereocenters. The Morgan fingerprint density at radius 1 is 1.53 bits per heavy atom. The Kier molecular flexibility index (Phi) is 2.79. The Labute approximate surface area is 96.2 Å². The van der Waals surface area contributed by atoms with E-state index in [-0.39, 0.29) is 12.2 Å². The lowest BCUT2D eigenvalue weighted by Gasteiger charge is -2.04. The molecule has 0 amide bonds. The molecular weight excluding hydrogens is 224 g/mol. The molecular formula is C9H10N6O2. The largest absolute Gasteiger partial charge is 0.324 e. The molecule has 0 saturated heterocycles. The third kappa shape index (κ3) is 1.97. The molecule has 88 valence electrons. The van der Waals surface area contributed by atoms with Crippen molar-refractivity contribution in [1.82, 2.24) is 20.2 Å². The second kappa shape index (κ2) is 4.26. The van der Waals surface area contributed by atoms with Crippen molar-refractivity contribution in [3.05, 3.63) is 39.7 Å². The van der Waals surface area contributed by atoms with Crippen LogP contribution in [0, 0.1) is 17.0 Å². The second-order valence-corrected chi connectivity index (χ2v) is 3.44. The third-order valence-corrected chi connectivity index (χ3v) is 2.34. The summed E-state index contributed by atoms with van der Waals surface area (Å²) in [6.07, 6.45) is 0. The highest BCUT2D eigenvalue weighted by Crippen LogP contribution is 2.20. The minimum Gasteiger partial charge on any atom is -0.324 e. The summed E-state index contributed by atoms with van der Waals surface area (Å²) >= 11 is 0. The first-order valence-corrected chi connectivity index (χ1v) is 4.86. The zero-order valence-electron chi connectivity index (χ0n) is 9.07. The van der Waals surface area contributed by atoms with Crippen LogP contribution in [0.25, 0.3) is 5.69 Å². The van der Waals surface area contributed by atoms with Crippen LogP contribution in [0.5, 0.6) is 0 Å². The van der Waals surface area contributed by atoms with Crippen molar-refractivity contribution in [3.8, 4) is 5.69 Å². The van der Waals surface area contributed by atoms with E-state index in [1.165, 1.54) is 10.7 Å². The van der Waals surface area contributed by atoms with Gasteiger partial charge >= 0.3 is 0 Å². The van der Waals surface area contributed by atoms with Gasteiger partial charge < -0.3 is 5.73 Å². The van der Waals surface area contributed by atoms with Gasteiger partial charge in [-0.2, -0.15) is 4.68 Å². The van der Waals surface area contributed by atoms with E-state index in [1.54, 1.807) is 19.1 Å². The highest BCUT2D eigenvalue weighted by atomic mass is 16.6. The maximum absolute atomic E-state index is 10.7. The van der Waals surface area contributed by atoms with Gasteiger partial charge in [0.1, 0.15) is 0 Å². The number of hydrogen-bond acceptors (Lipinski definition) is 6. The zero-order valence-corrected chi connectivity index (χ0v) is 9.07. The number of tetrazole rings is 1. The summed E-state index contributed by atoms with van der Waals surface area (Å²) in [4.78, 5) is 10.3. The third-order valence-electron chi connectivity index (χ3n) is 2.34. The van der Waals surface area contributed by atoms with Gasteiger partial charge in [0.25, 0.3) is 5.69 Å². The van der Waals surface area contributed by atoms with Crippen LogP contribution >= 0.6 is 0 Å². The van der Waals surface area contributed by atoms with Crippen molar-refractivity contribution < 1.29 is 4.92 Å². The van der Waals surface area contributed by atoms with Gasteiger partial charge in [0.15, 0.2) is 5.82 Å². The molecule has 8 heteroatoms. The van der Waals surface area contributed by atoms with E-state index in [0.29, 0.717) is 17.1 Å². The van der Waals surface area contributed by atoms with E-state index < -0.39 is 4.92 Å². The summed E-state index contributed by atoms with van der Waals surface area (Å²) in [7, 11) is 0. The van der Waals surface area contributed by atoms with Crippen molar-refractivity contribution in [2.24, 2.45) is 5.73 Å². The van der Waals surface area contributed by atoms with E-state index in [4.69, 9.17) is 5.73 Å².